The molecular formula is C33H38N2O6. The Balaban J connectivity index is 1.87. The van der Waals surface area contributed by atoms with E-state index in [2.05, 4.69) is 6.92 Å². The number of benzene rings is 2. The Morgan fingerprint density at radius 3 is 2.24 bits per heavy atom. The van der Waals surface area contributed by atoms with Crippen molar-refractivity contribution in [2.75, 3.05) is 13.7 Å². The van der Waals surface area contributed by atoms with Crippen molar-refractivity contribution in [3.63, 3.8) is 0 Å². The summed E-state index contributed by atoms with van der Waals surface area (Å²) in [4.78, 5) is 47.1. The highest BCUT2D eigenvalue weighted by molar-refractivity contribution is 6.10. The van der Waals surface area contributed by atoms with Crippen LogP contribution in [0.25, 0.3) is 0 Å². The van der Waals surface area contributed by atoms with E-state index in [1.54, 1.807) is 6.92 Å². The van der Waals surface area contributed by atoms with Crippen LogP contribution in [0.15, 0.2) is 60.7 Å². The minimum Gasteiger partial charge on any atom is -0.505 e. The summed E-state index contributed by atoms with van der Waals surface area (Å²) >= 11 is 0. The number of methoxy groups -OCH3 is 1. The smallest absolute Gasteiger partial charge is 0.342 e. The van der Waals surface area contributed by atoms with Gasteiger partial charge in [0.15, 0.2) is 5.75 Å². The van der Waals surface area contributed by atoms with Crippen molar-refractivity contribution in [1.82, 2.24) is 9.88 Å². The number of rotatable bonds is 13. The van der Waals surface area contributed by atoms with Crippen LogP contribution < -0.4 is 0 Å². The Bertz CT molecular complexity index is 1360. The first kappa shape index (κ1) is 29.8. The van der Waals surface area contributed by atoms with E-state index in [1.165, 1.54) is 12.0 Å². The average Bonchev–Trinajstić information content (AvgIpc) is 3.25. The van der Waals surface area contributed by atoms with Gasteiger partial charge in [-0.3, -0.25) is 9.78 Å². The number of aromatic nitrogens is 1. The predicted molar refractivity (Wildman–Crippen MR) is 155 cm³/mol. The summed E-state index contributed by atoms with van der Waals surface area (Å²) < 4.78 is 10.5. The first-order valence-electron chi connectivity index (χ1n) is 14.3. The quantitative estimate of drug-likeness (QED) is 0.209. The van der Waals surface area contributed by atoms with E-state index in [9.17, 15) is 19.5 Å². The zero-order chi connectivity index (χ0) is 29.4. The van der Waals surface area contributed by atoms with E-state index in [0.717, 1.165) is 36.8 Å². The molecule has 41 heavy (non-hydrogen) atoms. The monoisotopic (exact) mass is 558 g/mol. The lowest BCUT2D eigenvalue weighted by atomic mass is 9.97. The highest BCUT2D eigenvalue weighted by atomic mass is 16.5. The number of fused-ring (bicyclic) bond motifs is 1. The maximum absolute atomic E-state index is 14.3. The number of nitrogens with zero attached hydrogens (tertiary/aromatic N) is 2. The molecule has 8 heteroatoms. The summed E-state index contributed by atoms with van der Waals surface area (Å²) in [6.45, 7) is 3.86. The van der Waals surface area contributed by atoms with Gasteiger partial charge < -0.3 is 19.5 Å². The van der Waals surface area contributed by atoms with Gasteiger partial charge in [-0.1, -0.05) is 93.3 Å². The topological polar surface area (TPSA) is 106 Å². The molecule has 0 saturated heterocycles. The van der Waals surface area contributed by atoms with Crippen molar-refractivity contribution in [2.45, 2.75) is 70.9 Å². The van der Waals surface area contributed by atoms with Crippen LogP contribution in [0, 0.1) is 0 Å². The Hall–Kier alpha value is -4.20. The molecule has 8 nitrogen and oxygen atoms in total. The second-order valence-electron chi connectivity index (χ2n) is 10.2. The molecule has 0 saturated carbocycles. The van der Waals surface area contributed by atoms with E-state index in [4.69, 9.17) is 14.5 Å². The lowest BCUT2D eigenvalue weighted by molar-refractivity contribution is -0.146. The molecule has 0 radical (unpaired) electrons. The molecule has 0 bridgehead atoms. The van der Waals surface area contributed by atoms with Crippen LogP contribution in [0.4, 0.5) is 0 Å². The predicted octanol–water partition coefficient (Wildman–Crippen LogP) is 5.81. The van der Waals surface area contributed by atoms with Gasteiger partial charge in [0.05, 0.1) is 36.7 Å². The molecule has 1 aliphatic rings. The zero-order valence-electron chi connectivity index (χ0n) is 24.0. The van der Waals surface area contributed by atoms with E-state index < -0.39 is 29.9 Å². The Morgan fingerprint density at radius 2 is 1.63 bits per heavy atom. The van der Waals surface area contributed by atoms with Crippen molar-refractivity contribution in [3.05, 3.63) is 94.3 Å². The van der Waals surface area contributed by atoms with Crippen molar-refractivity contribution in [2.24, 2.45) is 0 Å². The maximum atomic E-state index is 14.3. The molecular weight excluding hydrogens is 520 g/mol. The second kappa shape index (κ2) is 13.9. The number of hydrogen-bond donors (Lipinski definition) is 1. The zero-order valence-corrected chi connectivity index (χ0v) is 24.0. The molecule has 0 aliphatic carbocycles. The number of carbonyl (C=O) groups is 3. The van der Waals surface area contributed by atoms with Gasteiger partial charge in [-0.2, -0.15) is 0 Å². The molecule has 4 rings (SSSR count). The molecule has 1 N–H and O–H groups in total. The average molecular weight is 559 g/mol. The maximum Gasteiger partial charge on any atom is 0.342 e. The number of carbonyl (C=O) groups excluding carboxylic acids is 3. The number of hydrogen-bond acceptors (Lipinski definition) is 7. The molecule has 0 spiro atoms. The lowest BCUT2D eigenvalue weighted by Crippen LogP contribution is -2.45. The van der Waals surface area contributed by atoms with Gasteiger partial charge in [-0.25, -0.2) is 9.59 Å². The van der Waals surface area contributed by atoms with Crippen LogP contribution in [0.1, 0.15) is 95.2 Å². The van der Waals surface area contributed by atoms with Gasteiger partial charge in [-0.15, -0.1) is 0 Å². The van der Waals surface area contributed by atoms with E-state index in [0.29, 0.717) is 12.1 Å². The molecule has 1 aromatic heterocycles. The van der Waals surface area contributed by atoms with Crippen molar-refractivity contribution in [1.29, 1.82) is 0 Å². The Labute approximate surface area is 241 Å². The largest absolute Gasteiger partial charge is 0.505 e. The van der Waals surface area contributed by atoms with Gasteiger partial charge in [0.2, 0.25) is 0 Å². The van der Waals surface area contributed by atoms with Gasteiger partial charge in [0, 0.05) is 12.8 Å². The van der Waals surface area contributed by atoms with Crippen molar-refractivity contribution >= 4 is 17.8 Å². The molecule has 0 fully saturated rings. The van der Waals surface area contributed by atoms with Crippen LogP contribution >= 0.6 is 0 Å². The molecule has 1 amide bonds. The first-order chi connectivity index (χ1) is 19.9. The molecule has 1 aliphatic heterocycles. The number of ether oxygens (including phenoxy) is 2. The lowest BCUT2D eigenvalue weighted by Gasteiger charge is -2.31. The third-order valence-corrected chi connectivity index (χ3v) is 7.48. The summed E-state index contributed by atoms with van der Waals surface area (Å²) in [7, 11) is 1.30. The Kier molecular flexibility index (Phi) is 10.1. The number of amides is 1. The van der Waals surface area contributed by atoms with Gasteiger partial charge in [-0.05, 0) is 24.5 Å². The standard InChI is InChI=1S/C33H38N2O6/c1-4-6-7-14-19-25-29-27(31(37)35(25)26(32(38)40-3)21-23-17-12-9-13-18-23)28(33(39)41-5-2)30(36)24(34-29)20-22-15-10-8-11-16-22/h8-13,15-18,25-26,36H,4-7,14,19-21H2,1-3H3/t25?,26-/m1/s1. The van der Waals surface area contributed by atoms with E-state index >= 15 is 0 Å². The SMILES string of the molecule is CCCCCCC1c2nc(Cc3ccccc3)c(O)c(C(=O)OCC)c2C(=O)N1[C@H](Cc1ccccc1)C(=O)OC. The fourth-order valence-corrected chi connectivity index (χ4v) is 5.49. The second-order valence-corrected chi connectivity index (χ2v) is 10.2. The van der Waals surface area contributed by atoms with E-state index in [-0.39, 0.29) is 42.0 Å². The minimum absolute atomic E-state index is 0.000202. The summed E-state index contributed by atoms with van der Waals surface area (Å²) in [6, 6.07) is 17.4. The molecule has 2 heterocycles. The molecule has 2 atom stereocenters. The molecule has 3 aromatic rings. The number of aromatic hydroxyl groups is 1. The molecule has 216 valence electrons. The van der Waals surface area contributed by atoms with Crippen LogP contribution in [-0.2, 0) is 27.1 Å². The molecule has 1 unspecified atom stereocenters. The van der Waals surface area contributed by atoms with Crippen molar-refractivity contribution in [3.8, 4) is 5.75 Å². The third-order valence-electron chi connectivity index (χ3n) is 7.48. The number of unbranched alkanes of at least 4 members (excludes halogenated alkanes) is 3. The van der Waals surface area contributed by atoms with Gasteiger partial charge in [0.1, 0.15) is 11.6 Å². The first-order valence-corrected chi connectivity index (χ1v) is 14.3. The normalized spacial score (nSPS) is 15.0. The summed E-state index contributed by atoms with van der Waals surface area (Å²) in [5.41, 5.74) is 2.23. The summed E-state index contributed by atoms with van der Waals surface area (Å²) in [6.07, 6.45) is 4.87. The summed E-state index contributed by atoms with van der Waals surface area (Å²) in [5.74, 6) is -2.26. The third kappa shape index (κ3) is 6.59. The fourth-order valence-electron chi connectivity index (χ4n) is 5.49. The molecule has 2 aromatic carbocycles. The van der Waals surface area contributed by atoms with Gasteiger partial charge >= 0.3 is 11.9 Å². The minimum atomic E-state index is -0.949. The number of esters is 2. The van der Waals surface area contributed by atoms with Crippen molar-refractivity contribution < 1.29 is 29.0 Å². The van der Waals surface area contributed by atoms with Crippen LogP contribution in [-0.4, -0.2) is 52.6 Å². The van der Waals surface area contributed by atoms with Gasteiger partial charge in [0.25, 0.3) is 5.91 Å². The van der Waals surface area contributed by atoms with Crippen LogP contribution in [0.3, 0.4) is 0 Å². The summed E-state index contributed by atoms with van der Waals surface area (Å²) in [5, 5.41) is 11.4. The van der Waals surface area contributed by atoms with Crippen LogP contribution in [0.5, 0.6) is 5.75 Å². The number of pyridine rings is 1. The highest BCUT2D eigenvalue weighted by Crippen LogP contribution is 2.43. The van der Waals surface area contributed by atoms with Crippen LogP contribution in [0.2, 0.25) is 0 Å². The Morgan fingerprint density at radius 1 is 0.976 bits per heavy atom. The highest BCUT2D eigenvalue weighted by Gasteiger charge is 2.48. The van der Waals surface area contributed by atoms with E-state index in [1.807, 2.05) is 60.7 Å². The fraction of sp³-hybridized carbons (Fsp3) is 0.394.